The van der Waals surface area contributed by atoms with E-state index in [-0.39, 0.29) is 0 Å². The highest BCUT2D eigenvalue weighted by Gasteiger charge is 2.17. The number of aryl methyl sites for hydroxylation is 1. The fourth-order valence-corrected chi connectivity index (χ4v) is 3.01. The van der Waals surface area contributed by atoms with E-state index in [1.54, 1.807) is 0 Å². The van der Waals surface area contributed by atoms with Gasteiger partial charge in [0.1, 0.15) is 0 Å². The summed E-state index contributed by atoms with van der Waals surface area (Å²) in [6, 6.07) is 6.32. The van der Waals surface area contributed by atoms with Crippen molar-refractivity contribution in [1.29, 1.82) is 0 Å². The number of fused-ring (bicyclic) bond motifs is 1. The van der Waals surface area contributed by atoms with Crippen molar-refractivity contribution < 1.29 is 0 Å². The van der Waals surface area contributed by atoms with Gasteiger partial charge in [0.25, 0.3) is 0 Å². The van der Waals surface area contributed by atoms with Gasteiger partial charge in [-0.2, -0.15) is 0 Å². The van der Waals surface area contributed by atoms with E-state index >= 15 is 0 Å². The summed E-state index contributed by atoms with van der Waals surface area (Å²) >= 11 is 0. The van der Waals surface area contributed by atoms with E-state index in [1.807, 2.05) is 24.8 Å². The van der Waals surface area contributed by atoms with Gasteiger partial charge in [-0.25, -0.2) is 4.98 Å². The number of nitrogen functional groups attached to an aromatic ring is 1. The van der Waals surface area contributed by atoms with E-state index in [2.05, 4.69) is 38.5 Å². The van der Waals surface area contributed by atoms with Crippen LogP contribution in [0.3, 0.4) is 0 Å². The van der Waals surface area contributed by atoms with Gasteiger partial charge < -0.3 is 20.1 Å². The lowest BCUT2D eigenvalue weighted by atomic mass is 10.0. The molecule has 3 rings (SSSR count). The molecule has 0 unspecified atom stereocenters. The molecule has 0 radical (unpaired) electrons. The standard InChI is InChI=1S/C17H25N5/c1-20(9-11-21-8-6-19-14-21)10-12-22-7-2-3-15-4-5-16(18)13-17(15)22/h4-6,8,13-14H,2-3,7,9-12,18H2,1H3. The molecule has 0 atom stereocenters. The molecule has 0 aliphatic carbocycles. The molecule has 0 spiro atoms. The Hall–Kier alpha value is -2.01. The van der Waals surface area contributed by atoms with Crippen LogP contribution in [0.15, 0.2) is 36.9 Å². The number of anilines is 2. The summed E-state index contributed by atoms with van der Waals surface area (Å²) in [5, 5.41) is 0. The zero-order chi connectivity index (χ0) is 15.4. The first-order valence-electron chi connectivity index (χ1n) is 8.00. The molecule has 0 saturated carbocycles. The predicted octanol–water partition coefficient (Wildman–Crippen LogP) is 1.85. The Kier molecular flexibility index (Phi) is 4.63. The maximum atomic E-state index is 5.96. The van der Waals surface area contributed by atoms with E-state index in [9.17, 15) is 0 Å². The molecule has 0 bridgehead atoms. The van der Waals surface area contributed by atoms with E-state index in [4.69, 9.17) is 5.73 Å². The highest BCUT2D eigenvalue weighted by Crippen LogP contribution is 2.28. The van der Waals surface area contributed by atoms with Gasteiger partial charge in [-0.15, -0.1) is 0 Å². The molecular formula is C17H25N5. The van der Waals surface area contributed by atoms with Crippen LogP contribution in [-0.4, -0.2) is 47.7 Å². The number of aromatic nitrogens is 2. The molecule has 2 heterocycles. The first-order valence-corrected chi connectivity index (χ1v) is 8.00. The van der Waals surface area contributed by atoms with Crippen molar-refractivity contribution in [3.05, 3.63) is 42.5 Å². The van der Waals surface area contributed by atoms with E-state index in [1.165, 1.54) is 24.1 Å². The van der Waals surface area contributed by atoms with Crippen molar-refractivity contribution in [2.24, 2.45) is 0 Å². The summed E-state index contributed by atoms with van der Waals surface area (Å²) in [6.07, 6.45) is 8.11. The zero-order valence-corrected chi connectivity index (χ0v) is 13.3. The molecule has 1 aromatic heterocycles. The minimum Gasteiger partial charge on any atom is -0.399 e. The van der Waals surface area contributed by atoms with Crippen molar-refractivity contribution >= 4 is 11.4 Å². The SMILES string of the molecule is CN(CCN1CCCc2ccc(N)cc21)CCn1ccnc1. The number of likely N-dealkylation sites (N-methyl/N-ethyl adjacent to an activating group) is 1. The Balaban J connectivity index is 1.52. The van der Waals surface area contributed by atoms with Crippen LogP contribution < -0.4 is 10.6 Å². The summed E-state index contributed by atoms with van der Waals surface area (Å²) in [5.41, 5.74) is 9.58. The summed E-state index contributed by atoms with van der Waals surface area (Å²) in [5.74, 6) is 0. The van der Waals surface area contributed by atoms with Crippen molar-refractivity contribution in [2.45, 2.75) is 19.4 Å². The highest BCUT2D eigenvalue weighted by atomic mass is 15.2. The maximum absolute atomic E-state index is 5.96. The lowest BCUT2D eigenvalue weighted by Crippen LogP contribution is -2.37. The van der Waals surface area contributed by atoms with Gasteiger partial charge in [0.2, 0.25) is 0 Å². The van der Waals surface area contributed by atoms with Gasteiger partial charge in [-0.05, 0) is 37.6 Å². The van der Waals surface area contributed by atoms with E-state index in [0.717, 1.165) is 38.4 Å². The third kappa shape index (κ3) is 3.60. The maximum Gasteiger partial charge on any atom is 0.0946 e. The van der Waals surface area contributed by atoms with E-state index in [0.29, 0.717) is 0 Å². The number of rotatable bonds is 6. The molecular weight excluding hydrogens is 274 g/mol. The van der Waals surface area contributed by atoms with Gasteiger partial charge >= 0.3 is 0 Å². The molecule has 118 valence electrons. The number of hydrogen-bond acceptors (Lipinski definition) is 4. The summed E-state index contributed by atoms with van der Waals surface area (Å²) < 4.78 is 2.12. The normalized spacial score (nSPS) is 14.4. The van der Waals surface area contributed by atoms with Crippen LogP contribution >= 0.6 is 0 Å². The van der Waals surface area contributed by atoms with Gasteiger partial charge in [0, 0.05) is 56.5 Å². The van der Waals surface area contributed by atoms with Gasteiger partial charge in [-0.3, -0.25) is 0 Å². The Morgan fingerprint density at radius 2 is 2.14 bits per heavy atom. The van der Waals surface area contributed by atoms with Crippen molar-refractivity contribution in [3.63, 3.8) is 0 Å². The summed E-state index contributed by atoms with van der Waals surface area (Å²) in [7, 11) is 2.18. The van der Waals surface area contributed by atoms with Gasteiger partial charge in [0.15, 0.2) is 0 Å². The average molecular weight is 299 g/mol. The number of benzene rings is 1. The second kappa shape index (κ2) is 6.83. The minimum absolute atomic E-state index is 0.860. The lowest BCUT2D eigenvalue weighted by Gasteiger charge is -2.33. The molecule has 5 heteroatoms. The molecule has 1 aliphatic rings. The molecule has 2 aromatic rings. The largest absolute Gasteiger partial charge is 0.399 e. The average Bonchev–Trinajstić information content (AvgIpc) is 3.04. The number of hydrogen-bond donors (Lipinski definition) is 1. The van der Waals surface area contributed by atoms with Crippen LogP contribution in [-0.2, 0) is 13.0 Å². The molecule has 1 aromatic carbocycles. The monoisotopic (exact) mass is 299 g/mol. The summed E-state index contributed by atoms with van der Waals surface area (Å²) in [6.45, 7) is 5.26. The van der Waals surface area contributed by atoms with E-state index < -0.39 is 0 Å². The molecule has 1 aliphatic heterocycles. The third-order valence-electron chi connectivity index (χ3n) is 4.37. The lowest BCUT2D eigenvalue weighted by molar-refractivity contribution is 0.323. The third-order valence-corrected chi connectivity index (χ3v) is 4.37. The first-order chi connectivity index (χ1) is 10.7. The van der Waals surface area contributed by atoms with Crippen LogP contribution in [0.5, 0.6) is 0 Å². The minimum atomic E-state index is 0.860. The van der Waals surface area contributed by atoms with Crippen molar-refractivity contribution in [3.8, 4) is 0 Å². The van der Waals surface area contributed by atoms with Crippen LogP contribution in [0.2, 0.25) is 0 Å². The Morgan fingerprint density at radius 3 is 2.95 bits per heavy atom. The Bertz CT molecular complexity index is 593. The molecule has 0 fully saturated rings. The number of nitrogens with zero attached hydrogens (tertiary/aromatic N) is 4. The Morgan fingerprint density at radius 1 is 1.27 bits per heavy atom. The molecule has 22 heavy (non-hydrogen) atoms. The molecule has 0 saturated heterocycles. The van der Waals surface area contributed by atoms with Gasteiger partial charge in [0.05, 0.1) is 6.33 Å². The van der Waals surface area contributed by atoms with Crippen molar-refractivity contribution in [2.75, 3.05) is 43.9 Å². The molecule has 5 nitrogen and oxygen atoms in total. The molecule has 2 N–H and O–H groups in total. The van der Waals surface area contributed by atoms with Crippen molar-refractivity contribution in [1.82, 2.24) is 14.5 Å². The second-order valence-electron chi connectivity index (χ2n) is 6.08. The topological polar surface area (TPSA) is 50.3 Å². The van der Waals surface area contributed by atoms with Crippen LogP contribution in [0.1, 0.15) is 12.0 Å². The quantitative estimate of drug-likeness (QED) is 0.827. The predicted molar refractivity (Wildman–Crippen MR) is 91.1 cm³/mol. The second-order valence-corrected chi connectivity index (χ2v) is 6.08. The fourth-order valence-electron chi connectivity index (χ4n) is 3.01. The van der Waals surface area contributed by atoms with Crippen LogP contribution in [0, 0.1) is 0 Å². The first kappa shape index (κ1) is 14.9. The number of imidazole rings is 1. The number of nitrogens with two attached hydrogens (primary N) is 1. The smallest absolute Gasteiger partial charge is 0.0946 e. The molecule has 0 amide bonds. The van der Waals surface area contributed by atoms with Gasteiger partial charge in [-0.1, -0.05) is 6.07 Å². The zero-order valence-electron chi connectivity index (χ0n) is 13.3. The van der Waals surface area contributed by atoms with Crippen LogP contribution in [0.4, 0.5) is 11.4 Å². The fraction of sp³-hybridized carbons (Fsp3) is 0.471. The summed E-state index contributed by atoms with van der Waals surface area (Å²) in [4.78, 5) is 8.93. The Labute approximate surface area is 132 Å². The van der Waals surface area contributed by atoms with Crippen LogP contribution in [0.25, 0.3) is 0 Å². The highest BCUT2D eigenvalue weighted by molar-refractivity contribution is 5.62.